The lowest BCUT2D eigenvalue weighted by Gasteiger charge is -2.53. The molecule has 7 atom stereocenters. The van der Waals surface area contributed by atoms with Gasteiger partial charge >= 0.3 is 0 Å². The Bertz CT molecular complexity index is 505. The third-order valence-corrected chi connectivity index (χ3v) is 14.3. The van der Waals surface area contributed by atoms with E-state index in [4.69, 9.17) is 0 Å². The fraction of sp³-hybridized carbons (Fsp3) is 1.00. The molecule has 27 heavy (non-hydrogen) atoms. The fourth-order valence-corrected chi connectivity index (χ4v) is 15.0. The largest absolute Gasteiger partial charge is 0.319 e. The number of hydrogen-bond acceptors (Lipinski definition) is 1. The van der Waals surface area contributed by atoms with Crippen LogP contribution in [0, 0.1) is 41.4 Å². The van der Waals surface area contributed by atoms with Crippen molar-refractivity contribution in [1.82, 2.24) is 4.57 Å². The van der Waals surface area contributed by atoms with Crippen LogP contribution in [0.25, 0.3) is 0 Å². The summed E-state index contributed by atoms with van der Waals surface area (Å²) < 4.78 is 2.97. The predicted molar refractivity (Wildman–Crippen MR) is 123 cm³/mol. The Morgan fingerprint density at radius 1 is 0.963 bits per heavy atom. The molecule has 0 saturated heterocycles. The molecule has 0 spiro atoms. The van der Waals surface area contributed by atoms with Crippen molar-refractivity contribution in [3.8, 4) is 0 Å². The first-order chi connectivity index (χ1) is 12.5. The standard InChI is InChI=1S/C25H49NSi/c1-10-26(25(5,6)7)27(8,9)24-18(4)22(17(2)3)23-20-14-12-11-13-19(20)15-16-21(23)24/h17-24H,10-16H2,1-9H3. The van der Waals surface area contributed by atoms with E-state index >= 15 is 0 Å². The molecule has 0 amide bonds. The summed E-state index contributed by atoms with van der Waals surface area (Å²) in [6.45, 7) is 24.2. The third-order valence-electron chi connectivity index (χ3n) is 9.31. The van der Waals surface area contributed by atoms with E-state index in [2.05, 4.69) is 66.1 Å². The van der Waals surface area contributed by atoms with Gasteiger partial charge in [-0.2, -0.15) is 0 Å². The van der Waals surface area contributed by atoms with E-state index in [1.807, 2.05) is 0 Å². The number of fused-ring (bicyclic) bond motifs is 3. The molecule has 7 unspecified atom stereocenters. The minimum atomic E-state index is -1.52. The van der Waals surface area contributed by atoms with Crippen LogP contribution in [0.3, 0.4) is 0 Å². The van der Waals surface area contributed by atoms with E-state index in [0.717, 1.165) is 47.0 Å². The summed E-state index contributed by atoms with van der Waals surface area (Å²) in [6, 6.07) is 0. The smallest absolute Gasteiger partial charge is 0.126 e. The molecular weight excluding hydrogens is 342 g/mol. The average molecular weight is 392 g/mol. The van der Waals surface area contributed by atoms with Crippen LogP contribution in [-0.2, 0) is 0 Å². The van der Waals surface area contributed by atoms with Crippen molar-refractivity contribution in [3.05, 3.63) is 0 Å². The highest BCUT2D eigenvalue weighted by molar-refractivity contribution is 6.76. The minimum absolute atomic E-state index is 0.303. The lowest BCUT2D eigenvalue weighted by Crippen LogP contribution is -2.61. The maximum Gasteiger partial charge on any atom is 0.126 e. The highest BCUT2D eigenvalue weighted by Gasteiger charge is 2.60. The van der Waals surface area contributed by atoms with Crippen molar-refractivity contribution in [3.63, 3.8) is 0 Å². The molecule has 0 aromatic carbocycles. The van der Waals surface area contributed by atoms with Crippen molar-refractivity contribution < 1.29 is 0 Å². The molecule has 3 fully saturated rings. The number of nitrogens with zero attached hydrogens (tertiary/aromatic N) is 1. The molecule has 0 heterocycles. The monoisotopic (exact) mass is 391 g/mol. The second kappa shape index (κ2) is 7.78. The lowest BCUT2D eigenvalue weighted by atomic mass is 9.59. The quantitative estimate of drug-likeness (QED) is 0.450. The molecule has 0 N–H and O–H groups in total. The molecule has 158 valence electrons. The van der Waals surface area contributed by atoms with E-state index in [0.29, 0.717) is 5.54 Å². The Morgan fingerprint density at radius 3 is 2.15 bits per heavy atom. The van der Waals surface area contributed by atoms with Gasteiger partial charge < -0.3 is 4.57 Å². The molecule has 3 saturated carbocycles. The molecule has 1 nitrogen and oxygen atoms in total. The number of rotatable bonds is 4. The minimum Gasteiger partial charge on any atom is -0.319 e. The van der Waals surface area contributed by atoms with Gasteiger partial charge in [0.2, 0.25) is 0 Å². The van der Waals surface area contributed by atoms with Gasteiger partial charge in [0.05, 0.1) is 0 Å². The SMILES string of the molecule is CCN(C(C)(C)C)[Si](C)(C)C1C(C)C(C(C)C)C2C3CCCCC3CCC21. The van der Waals surface area contributed by atoms with Crippen molar-refractivity contribution in [2.24, 2.45) is 41.4 Å². The molecule has 0 aliphatic heterocycles. The van der Waals surface area contributed by atoms with Crippen LogP contribution >= 0.6 is 0 Å². The summed E-state index contributed by atoms with van der Waals surface area (Å²) >= 11 is 0. The summed E-state index contributed by atoms with van der Waals surface area (Å²) in [5, 5.41) is 0. The van der Waals surface area contributed by atoms with Crippen molar-refractivity contribution in [1.29, 1.82) is 0 Å². The lowest BCUT2D eigenvalue weighted by molar-refractivity contribution is 0.0317. The highest BCUT2D eigenvalue weighted by Crippen LogP contribution is 2.65. The second-order valence-electron chi connectivity index (χ2n) is 12.3. The van der Waals surface area contributed by atoms with E-state index in [9.17, 15) is 0 Å². The maximum atomic E-state index is 2.97. The van der Waals surface area contributed by atoms with Crippen molar-refractivity contribution in [2.75, 3.05) is 6.54 Å². The molecule has 3 aliphatic carbocycles. The summed E-state index contributed by atoms with van der Waals surface area (Å²) in [4.78, 5) is 0. The predicted octanol–water partition coefficient (Wildman–Crippen LogP) is 7.44. The van der Waals surface area contributed by atoms with Gasteiger partial charge in [0, 0.05) is 5.54 Å². The molecule has 0 bridgehead atoms. The van der Waals surface area contributed by atoms with Crippen molar-refractivity contribution >= 4 is 8.24 Å². The zero-order valence-corrected chi connectivity index (χ0v) is 21.0. The van der Waals surface area contributed by atoms with Gasteiger partial charge in [0.25, 0.3) is 0 Å². The molecule has 0 aromatic rings. The van der Waals surface area contributed by atoms with Crippen LogP contribution in [0.2, 0.25) is 18.6 Å². The molecule has 3 rings (SSSR count). The Balaban J connectivity index is 1.99. The fourth-order valence-electron chi connectivity index (χ4n) is 9.13. The van der Waals surface area contributed by atoms with Gasteiger partial charge in [-0.25, -0.2) is 0 Å². The van der Waals surface area contributed by atoms with E-state index < -0.39 is 8.24 Å². The Hall–Kier alpha value is 0.177. The Morgan fingerprint density at radius 2 is 1.59 bits per heavy atom. The zero-order valence-electron chi connectivity index (χ0n) is 20.0. The van der Waals surface area contributed by atoms with Crippen LogP contribution in [0.4, 0.5) is 0 Å². The summed E-state index contributed by atoms with van der Waals surface area (Å²) in [5.41, 5.74) is 1.29. The van der Waals surface area contributed by atoms with Crippen LogP contribution < -0.4 is 0 Å². The van der Waals surface area contributed by atoms with E-state index in [1.54, 1.807) is 25.7 Å². The van der Waals surface area contributed by atoms with Crippen LogP contribution in [0.5, 0.6) is 0 Å². The number of hydrogen-bond donors (Lipinski definition) is 0. The first-order valence-corrected chi connectivity index (χ1v) is 15.3. The zero-order chi connectivity index (χ0) is 20.1. The van der Waals surface area contributed by atoms with Crippen LogP contribution in [0.1, 0.15) is 87.0 Å². The van der Waals surface area contributed by atoms with Crippen LogP contribution in [0.15, 0.2) is 0 Å². The molecule has 0 radical (unpaired) electrons. The van der Waals surface area contributed by atoms with Crippen LogP contribution in [-0.4, -0.2) is 24.9 Å². The van der Waals surface area contributed by atoms with Crippen molar-refractivity contribution in [2.45, 2.75) is 111 Å². The van der Waals surface area contributed by atoms with E-state index in [1.165, 1.54) is 19.4 Å². The molecule has 0 aromatic heterocycles. The second-order valence-corrected chi connectivity index (χ2v) is 16.8. The summed E-state index contributed by atoms with van der Waals surface area (Å²) in [7, 11) is -1.52. The van der Waals surface area contributed by atoms with E-state index in [-0.39, 0.29) is 0 Å². The normalized spacial score (nSPS) is 40.3. The van der Waals surface area contributed by atoms with Gasteiger partial charge in [0.15, 0.2) is 0 Å². The van der Waals surface area contributed by atoms with Gasteiger partial charge in [-0.3, -0.25) is 0 Å². The van der Waals surface area contributed by atoms with Gasteiger partial charge in [-0.1, -0.05) is 60.1 Å². The maximum absolute atomic E-state index is 2.97. The van der Waals surface area contributed by atoms with Gasteiger partial charge in [-0.05, 0) is 93.5 Å². The third kappa shape index (κ3) is 3.72. The molecule has 2 heteroatoms. The summed E-state index contributed by atoms with van der Waals surface area (Å²) in [6.07, 6.45) is 9.21. The Kier molecular flexibility index (Phi) is 6.30. The van der Waals surface area contributed by atoms with Gasteiger partial charge in [-0.15, -0.1) is 0 Å². The van der Waals surface area contributed by atoms with Gasteiger partial charge in [0.1, 0.15) is 8.24 Å². The molecule has 3 aliphatic rings. The first kappa shape index (κ1) is 21.9. The topological polar surface area (TPSA) is 3.24 Å². The Labute approximate surface area is 172 Å². The summed E-state index contributed by atoms with van der Waals surface area (Å²) in [5.74, 6) is 6.93. The molecular formula is C25H49NSi. The first-order valence-electron chi connectivity index (χ1n) is 12.3. The average Bonchev–Trinajstić information content (AvgIpc) is 2.86. The highest BCUT2D eigenvalue weighted by atomic mass is 28.3.